The van der Waals surface area contributed by atoms with Gasteiger partial charge in [-0.05, 0) is 81.9 Å². The monoisotopic (exact) mass is 566 g/mol. The first-order chi connectivity index (χ1) is 17.1. The van der Waals surface area contributed by atoms with Gasteiger partial charge < -0.3 is 0 Å². The fourth-order valence-electron chi connectivity index (χ4n) is 6.12. The Morgan fingerprint density at radius 1 is 0.600 bits per heavy atom. The third-order valence-corrected chi connectivity index (χ3v) is 10.5. The van der Waals surface area contributed by atoms with Gasteiger partial charge in [0.05, 0.1) is 5.41 Å². The third-order valence-electron chi connectivity index (χ3n) is 7.46. The number of benzene rings is 5. The molecule has 2 heterocycles. The summed E-state index contributed by atoms with van der Waals surface area (Å²) in [7, 11) is 0. The van der Waals surface area contributed by atoms with E-state index in [9.17, 15) is 0 Å². The minimum atomic E-state index is -0.367. The molecule has 35 heavy (non-hydrogen) atoms. The molecular weight excluding hydrogens is 552 g/mol. The second-order valence-electron chi connectivity index (χ2n) is 9.17. The largest absolute Gasteiger partial charge is 0.135 e. The van der Waals surface area contributed by atoms with E-state index in [0.717, 1.165) is 9.50 Å². The van der Waals surface area contributed by atoms with Crippen LogP contribution in [-0.2, 0) is 5.41 Å². The smallest absolute Gasteiger partial charge is 0.0736 e. The second kappa shape index (κ2) is 7.24. The fraction of sp³-hybridized carbons (Fsp3) is 0.0323. The molecule has 0 nitrogen and oxygen atoms in total. The Morgan fingerprint density at radius 3 is 2.06 bits per heavy atom. The molecule has 2 aliphatic rings. The fourth-order valence-corrected chi connectivity index (χ4v) is 9.03. The van der Waals surface area contributed by atoms with E-state index in [-0.39, 0.29) is 5.41 Å². The van der Waals surface area contributed by atoms with E-state index < -0.39 is 0 Å². The maximum Gasteiger partial charge on any atom is 0.0736 e. The van der Waals surface area contributed by atoms with Gasteiger partial charge in [0.1, 0.15) is 0 Å². The van der Waals surface area contributed by atoms with E-state index in [1.165, 1.54) is 63.3 Å². The van der Waals surface area contributed by atoms with Crippen LogP contribution in [0.5, 0.6) is 0 Å². The lowest BCUT2D eigenvalue weighted by Crippen LogP contribution is -2.32. The van der Waals surface area contributed by atoms with E-state index in [4.69, 9.17) is 11.6 Å². The van der Waals surface area contributed by atoms with Gasteiger partial charge in [0.15, 0.2) is 0 Å². The number of hydrogen-bond acceptors (Lipinski definition) is 2. The van der Waals surface area contributed by atoms with E-state index >= 15 is 0 Å². The van der Waals surface area contributed by atoms with Gasteiger partial charge in [-0.1, -0.05) is 87.8 Å². The molecule has 4 heteroatoms. The average molecular weight is 568 g/mol. The maximum absolute atomic E-state index is 6.45. The van der Waals surface area contributed by atoms with Gasteiger partial charge in [-0.3, -0.25) is 0 Å². The molecule has 6 aromatic rings. The van der Waals surface area contributed by atoms with Crippen LogP contribution in [0.25, 0.3) is 31.3 Å². The molecule has 0 unspecified atom stereocenters. The Labute approximate surface area is 224 Å². The van der Waals surface area contributed by atoms with Crippen LogP contribution in [-0.4, -0.2) is 0 Å². The summed E-state index contributed by atoms with van der Waals surface area (Å²) in [6.07, 6.45) is 0. The zero-order valence-corrected chi connectivity index (χ0v) is 22.3. The molecular formula is C31H16BrClS2. The van der Waals surface area contributed by atoms with E-state index in [2.05, 4.69) is 107 Å². The molecule has 1 spiro atoms. The Hall–Kier alpha value is -2.56. The van der Waals surface area contributed by atoms with Crippen LogP contribution in [0.2, 0.25) is 5.02 Å². The molecule has 1 aromatic heterocycles. The predicted molar refractivity (Wildman–Crippen MR) is 153 cm³/mol. The van der Waals surface area contributed by atoms with Gasteiger partial charge in [0.2, 0.25) is 0 Å². The van der Waals surface area contributed by atoms with Crippen LogP contribution in [0.1, 0.15) is 22.3 Å². The Kier molecular flexibility index (Phi) is 4.26. The lowest BCUT2D eigenvalue weighted by molar-refractivity contribution is 0.723. The summed E-state index contributed by atoms with van der Waals surface area (Å²) < 4.78 is 3.69. The second-order valence-corrected chi connectivity index (χ2v) is 12.7. The average Bonchev–Trinajstić information content (AvgIpc) is 3.37. The Balaban J connectivity index is 1.59. The molecule has 8 rings (SSSR count). The normalized spacial score (nSPS) is 14.7. The molecule has 166 valence electrons. The Morgan fingerprint density at radius 2 is 1.29 bits per heavy atom. The molecule has 0 N–H and O–H groups in total. The van der Waals surface area contributed by atoms with Crippen molar-refractivity contribution in [3.63, 3.8) is 0 Å². The predicted octanol–water partition coefficient (Wildman–Crippen LogP) is 10.3. The van der Waals surface area contributed by atoms with Crippen molar-refractivity contribution in [3.8, 4) is 11.1 Å². The molecule has 0 saturated carbocycles. The van der Waals surface area contributed by atoms with Crippen LogP contribution >= 0.6 is 50.6 Å². The molecule has 0 bridgehead atoms. The SMILES string of the molecule is Clc1ccc2sc3cc4c(cc3c2c1)C1(c2cc(Br)ccc2S4)c2ccccc2-c2ccccc21. The van der Waals surface area contributed by atoms with Crippen molar-refractivity contribution >= 4 is 70.8 Å². The molecule has 0 fully saturated rings. The van der Waals surface area contributed by atoms with Crippen LogP contribution in [0.4, 0.5) is 0 Å². The maximum atomic E-state index is 6.45. The summed E-state index contributed by atoms with van der Waals surface area (Å²) in [5, 5.41) is 3.30. The first-order valence-electron chi connectivity index (χ1n) is 11.5. The molecule has 5 aromatic carbocycles. The summed E-state index contributed by atoms with van der Waals surface area (Å²) in [5.74, 6) is 0. The van der Waals surface area contributed by atoms with Gasteiger partial charge >= 0.3 is 0 Å². The number of hydrogen-bond donors (Lipinski definition) is 0. The number of rotatable bonds is 0. The molecule has 0 saturated heterocycles. The van der Waals surface area contributed by atoms with Gasteiger partial charge in [0.25, 0.3) is 0 Å². The van der Waals surface area contributed by atoms with Crippen molar-refractivity contribution in [2.24, 2.45) is 0 Å². The van der Waals surface area contributed by atoms with Gasteiger partial charge in [-0.25, -0.2) is 0 Å². The molecule has 1 aliphatic heterocycles. The quantitative estimate of drug-likeness (QED) is 0.176. The highest BCUT2D eigenvalue weighted by atomic mass is 79.9. The van der Waals surface area contributed by atoms with Crippen LogP contribution in [0.3, 0.4) is 0 Å². The zero-order valence-electron chi connectivity index (χ0n) is 18.3. The van der Waals surface area contributed by atoms with Gasteiger partial charge in [0, 0.05) is 39.5 Å². The minimum absolute atomic E-state index is 0.367. The van der Waals surface area contributed by atoms with Crippen LogP contribution in [0, 0.1) is 0 Å². The van der Waals surface area contributed by atoms with Gasteiger partial charge in [-0.2, -0.15) is 0 Å². The summed E-state index contributed by atoms with van der Waals surface area (Å²) in [5.41, 5.74) is 7.71. The summed E-state index contributed by atoms with van der Waals surface area (Å²) in [6, 6.07) is 35.8. The highest BCUT2D eigenvalue weighted by Crippen LogP contribution is 2.63. The lowest BCUT2D eigenvalue weighted by atomic mass is 9.67. The van der Waals surface area contributed by atoms with Crippen molar-refractivity contribution in [3.05, 3.63) is 129 Å². The number of halogens is 2. The lowest BCUT2D eigenvalue weighted by Gasteiger charge is -2.40. The summed E-state index contributed by atoms with van der Waals surface area (Å²) in [4.78, 5) is 2.65. The van der Waals surface area contributed by atoms with E-state index in [1.807, 2.05) is 29.2 Å². The first-order valence-corrected chi connectivity index (χ1v) is 14.3. The molecule has 1 aliphatic carbocycles. The zero-order chi connectivity index (χ0) is 23.3. The highest BCUT2D eigenvalue weighted by molar-refractivity contribution is 9.10. The van der Waals surface area contributed by atoms with Crippen molar-refractivity contribution in [2.75, 3.05) is 0 Å². The van der Waals surface area contributed by atoms with E-state index in [1.54, 1.807) is 0 Å². The van der Waals surface area contributed by atoms with Crippen molar-refractivity contribution in [2.45, 2.75) is 15.2 Å². The molecule has 0 atom stereocenters. The van der Waals surface area contributed by atoms with Crippen LogP contribution < -0.4 is 0 Å². The van der Waals surface area contributed by atoms with Crippen molar-refractivity contribution in [1.82, 2.24) is 0 Å². The minimum Gasteiger partial charge on any atom is -0.135 e. The van der Waals surface area contributed by atoms with Gasteiger partial charge in [-0.15, -0.1) is 11.3 Å². The first kappa shape index (κ1) is 20.6. The summed E-state index contributed by atoms with van der Waals surface area (Å²) in [6.45, 7) is 0. The van der Waals surface area contributed by atoms with Crippen molar-refractivity contribution in [1.29, 1.82) is 0 Å². The van der Waals surface area contributed by atoms with E-state index in [0.29, 0.717) is 0 Å². The highest BCUT2D eigenvalue weighted by Gasteiger charge is 2.50. The standard InChI is InChI=1S/C31H16BrClS2/c32-17-9-11-28-25(13-17)31(23-7-3-1-5-19(23)20-6-2-4-8-24(20)31)26-15-22-21-14-18(33)10-12-27(21)34-29(22)16-30(26)35-28/h1-16H. The molecule has 0 radical (unpaired) electrons. The van der Waals surface area contributed by atoms with Crippen LogP contribution in [0.15, 0.2) is 111 Å². The third kappa shape index (κ3) is 2.65. The topological polar surface area (TPSA) is 0 Å². The number of thiophene rings is 1. The summed E-state index contributed by atoms with van der Waals surface area (Å²) >= 11 is 14.0. The Bertz CT molecular complexity index is 1820. The van der Waals surface area contributed by atoms with Crippen molar-refractivity contribution < 1.29 is 0 Å². The number of fused-ring (bicyclic) bond motifs is 12. The molecule has 0 amide bonds.